The molecule has 1 heterocycles. The molecule has 1 aliphatic rings. The summed E-state index contributed by atoms with van der Waals surface area (Å²) < 4.78 is 1.30. The van der Waals surface area contributed by atoms with Gasteiger partial charge in [0.05, 0.1) is 5.69 Å². The average Bonchev–Trinajstić information content (AvgIpc) is 2.69. The Bertz CT molecular complexity index is 779. The van der Waals surface area contributed by atoms with Gasteiger partial charge >= 0.3 is 0 Å². The maximum absolute atomic E-state index is 13.1. The highest BCUT2D eigenvalue weighted by molar-refractivity contribution is 5.92. The number of carbonyl (C=O) groups is 1. The van der Waals surface area contributed by atoms with Crippen molar-refractivity contribution in [2.75, 3.05) is 13.1 Å². The normalized spacial score (nSPS) is 15.0. The molecule has 138 valence electrons. The molecule has 3 rings (SSSR count). The number of amides is 1. The molecular weight excluding hydrogens is 326 g/mol. The Morgan fingerprint density at radius 1 is 1.12 bits per heavy atom. The zero-order valence-corrected chi connectivity index (χ0v) is 15.4. The lowest BCUT2D eigenvalue weighted by Gasteiger charge is -2.29. The predicted octanol–water partition coefficient (Wildman–Crippen LogP) is 3.67. The van der Waals surface area contributed by atoms with Gasteiger partial charge in [0.15, 0.2) is 0 Å². The van der Waals surface area contributed by atoms with Crippen molar-refractivity contribution in [2.24, 2.45) is 5.92 Å². The molecule has 2 aromatic rings. The van der Waals surface area contributed by atoms with Gasteiger partial charge in [0, 0.05) is 19.2 Å². The highest BCUT2D eigenvalue weighted by Gasteiger charge is 2.23. The van der Waals surface area contributed by atoms with Crippen LogP contribution in [0.4, 0.5) is 0 Å². The van der Waals surface area contributed by atoms with E-state index in [0.29, 0.717) is 17.3 Å². The van der Waals surface area contributed by atoms with E-state index in [1.807, 2.05) is 35.2 Å². The third-order valence-electron chi connectivity index (χ3n) is 5.00. The molecule has 1 saturated carbocycles. The van der Waals surface area contributed by atoms with Crippen LogP contribution in [0.15, 0.2) is 47.3 Å². The molecule has 5 nitrogen and oxygen atoms in total. The fourth-order valence-electron chi connectivity index (χ4n) is 3.67. The van der Waals surface area contributed by atoms with Crippen LogP contribution in [-0.4, -0.2) is 33.7 Å². The van der Waals surface area contributed by atoms with Crippen LogP contribution in [0.25, 0.3) is 5.69 Å². The van der Waals surface area contributed by atoms with Crippen molar-refractivity contribution in [3.8, 4) is 5.69 Å². The van der Waals surface area contributed by atoms with Crippen LogP contribution in [0.2, 0.25) is 0 Å². The van der Waals surface area contributed by atoms with E-state index < -0.39 is 0 Å². The average molecular weight is 353 g/mol. The zero-order valence-electron chi connectivity index (χ0n) is 15.4. The molecule has 0 N–H and O–H groups in total. The summed E-state index contributed by atoms with van der Waals surface area (Å²) in [5.41, 5.74) is 0.765. The summed E-state index contributed by atoms with van der Waals surface area (Å²) in [5, 5.41) is 4.35. The molecule has 0 saturated heterocycles. The van der Waals surface area contributed by atoms with E-state index in [-0.39, 0.29) is 11.5 Å². The number of carbonyl (C=O) groups excluding carboxylic acids is 1. The van der Waals surface area contributed by atoms with Crippen LogP contribution >= 0.6 is 0 Å². The maximum atomic E-state index is 13.1. The SMILES string of the molecule is CCCN(CC1CCCCC1)C(=O)c1ccc(=O)n(-c2ccccc2)n1. The van der Waals surface area contributed by atoms with Gasteiger partial charge in [0.1, 0.15) is 5.69 Å². The second kappa shape index (κ2) is 8.79. The lowest BCUT2D eigenvalue weighted by atomic mass is 9.89. The Kier molecular flexibility index (Phi) is 6.21. The summed E-state index contributed by atoms with van der Waals surface area (Å²) in [4.78, 5) is 27.1. The molecular formula is C21H27N3O2. The van der Waals surface area contributed by atoms with E-state index in [0.717, 1.165) is 19.5 Å². The van der Waals surface area contributed by atoms with Crippen LogP contribution in [-0.2, 0) is 0 Å². The van der Waals surface area contributed by atoms with Crippen molar-refractivity contribution in [1.29, 1.82) is 0 Å². The summed E-state index contributed by atoms with van der Waals surface area (Å²) >= 11 is 0. The molecule has 0 unspecified atom stereocenters. The summed E-state index contributed by atoms with van der Waals surface area (Å²) in [6.07, 6.45) is 7.14. The standard InChI is InChI=1S/C21H27N3O2/c1-2-15-23(16-17-9-5-3-6-10-17)21(26)19-13-14-20(25)24(22-19)18-11-7-4-8-12-18/h4,7-8,11-14,17H,2-3,5-6,9-10,15-16H2,1H3. The Morgan fingerprint density at radius 3 is 2.54 bits per heavy atom. The van der Waals surface area contributed by atoms with E-state index >= 15 is 0 Å². The van der Waals surface area contributed by atoms with Crippen molar-refractivity contribution in [2.45, 2.75) is 45.4 Å². The van der Waals surface area contributed by atoms with E-state index in [9.17, 15) is 9.59 Å². The van der Waals surface area contributed by atoms with Gasteiger partial charge in [-0.3, -0.25) is 9.59 Å². The topological polar surface area (TPSA) is 55.2 Å². The van der Waals surface area contributed by atoms with E-state index in [1.165, 1.54) is 42.9 Å². The lowest BCUT2D eigenvalue weighted by Crippen LogP contribution is -2.38. The third-order valence-corrected chi connectivity index (χ3v) is 5.00. The van der Waals surface area contributed by atoms with Gasteiger partial charge in [0.2, 0.25) is 0 Å². The smallest absolute Gasteiger partial charge is 0.274 e. The fourth-order valence-corrected chi connectivity index (χ4v) is 3.67. The molecule has 1 amide bonds. The minimum absolute atomic E-state index is 0.0814. The minimum Gasteiger partial charge on any atom is -0.337 e. The Morgan fingerprint density at radius 2 is 1.85 bits per heavy atom. The first-order valence-corrected chi connectivity index (χ1v) is 9.64. The molecule has 0 atom stereocenters. The molecule has 1 aromatic carbocycles. The van der Waals surface area contributed by atoms with Gasteiger partial charge in [-0.2, -0.15) is 9.78 Å². The number of para-hydroxylation sites is 1. The van der Waals surface area contributed by atoms with Gasteiger partial charge in [-0.25, -0.2) is 0 Å². The summed E-state index contributed by atoms with van der Waals surface area (Å²) in [5.74, 6) is 0.501. The van der Waals surface area contributed by atoms with Crippen LogP contribution in [0, 0.1) is 5.92 Å². The zero-order chi connectivity index (χ0) is 18.4. The van der Waals surface area contributed by atoms with Crippen molar-refractivity contribution in [1.82, 2.24) is 14.7 Å². The molecule has 1 aromatic heterocycles. The molecule has 0 bridgehead atoms. The fraction of sp³-hybridized carbons (Fsp3) is 0.476. The Labute approximate surface area is 154 Å². The molecule has 0 spiro atoms. The summed E-state index contributed by atoms with van der Waals surface area (Å²) in [7, 11) is 0. The second-order valence-electron chi connectivity index (χ2n) is 7.06. The van der Waals surface area contributed by atoms with Gasteiger partial charge in [-0.15, -0.1) is 0 Å². The number of benzene rings is 1. The van der Waals surface area contributed by atoms with Gasteiger partial charge in [0.25, 0.3) is 11.5 Å². The largest absolute Gasteiger partial charge is 0.337 e. The summed E-state index contributed by atoms with van der Waals surface area (Å²) in [6, 6.07) is 12.2. The second-order valence-corrected chi connectivity index (χ2v) is 7.06. The van der Waals surface area contributed by atoms with Crippen LogP contribution in [0.1, 0.15) is 55.9 Å². The Hall–Kier alpha value is -2.43. The van der Waals surface area contributed by atoms with Crippen molar-refractivity contribution < 1.29 is 4.79 Å². The molecule has 0 radical (unpaired) electrons. The van der Waals surface area contributed by atoms with E-state index in [2.05, 4.69) is 12.0 Å². The number of hydrogen-bond acceptors (Lipinski definition) is 3. The monoisotopic (exact) mass is 353 g/mol. The number of aromatic nitrogens is 2. The predicted molar refractivity (Wildman–Crippen MR) is 103 cm³/mol. The lowest BCUT2D eigenvalue weighted by molar-refractivity contribution is 0.0706. The first-order valence-electron chi connectivity index (χ1n) is 9.64. The number of hydrogen-bond donors (Lipinski definition) is 0. The van der Waals surface area contributed by atoms with Crippen LogP contribution in [0.3, 0.4) is 0 Å². The molecule has 1 fully saturated rings. The molecule has 5 heteroatoms. The van der Waals surface area contributed by atoms with E-state index in [4.69, 9.17) is 0 Å². The third kappa shape index (κ3) is 4.40. The van der Waals surface area contributed by atoms with Crippen LogP contribution < -0.4 is 5.56 Å². The van der Waals surface area contributed by atoms with Crippen molar-refractivity contribution in [3.05, 3.63) is 58.5 Å². The first-order chi connectivity index (χ1) is 12.7. The van der Waals surface area contributed by atoms with E-state index in [1.54, 1.807) is 6.07 Å². The van der Waals surface area contributed by atoms with Crippen molar-refractivity contribution >= 4 is 5.91 Å². The quantitative estimate of drug-likeness (QED) is 0.796. The number of nitrogens with zero attached hydrogens (tertiary/aromatic N) is 3. The highest BCUT2D eigenvalue weighted by atomic mass is 16.2. The highest BCUT2D eigenvalue weighted by Crippen LogP contribution is 2.25. The minimum atomic E-state index is -0.234. The van der Waals surface area contributed by atoms with Gasteiger partial charge in [-0.1, -0.05) is 44.4 Å². The van der Waals surface area contributed by atoms with Crippen molar-refractivity contribution in [3.63, 3.8) is 0 Å². The Balaban J connectivity index is 1.83. The van der Waals surface area contributed by atoms with Crippen LogP contribution in [0.5, 0.6) is 0 Å². The first kappa shape index (κ1) is 18.4. The molecule has 0 aliphatic heterocycles. The maximum Gasteiger partial charge on any atom is 0.274 e. The van der Waals surface area contributed by atoms with Gasteiger partial charge in [-0.05, 0) is 43.4 Å². The molecule has 1 aliphatic carbocycles. The summed E-state index contributed by atoms with van der Waals surface area (Å²) in [6.45, 7) is 3.60. The van der Waals surface area contributed by atoms with Gasteiger partial charge < -0.3 is 4.90 Å². The molecule has 26 heavy (non-hydrogen) atoms. The number of rotatable bonds is 6.